The summed E-state index contributed by atoms with van der Waals surface area (Å²) in [5.74, 6) is 0.164. The average Bonchev–Trinajstić information content (AvgIpc) is 2.78. The SMILES string of the molecule is Cc1cc(-c2ccc3c(c2)CC(C)(C)[C@H]3NC(=O)O)ccc1OC(F)F. The van der Waals surface area contributed by atoms with Crippen LogP contribution in [0.3, 0.4) is 0 Å². The summed E-state index contributed by atoms with van der Waals surface area (Å²) in [5.41, 5.74) is 4.35. The lowest BCUT2D eigenvalue weighted by Crippen LogP contribution is -2.34. The molecule has 1 aliphatic carbocycles. The summed E-state index contributed by atoms with van der Waals surface area (Å²) in [5, 5.41) is 11.7. The minimum atomic E-state index is -2.85. The molecule has 0 saturated carbocycles. The summed E-state index contributed by atoms with van der Waals surface area (Å²) >= 11 is 0. The van der Waals surface area contributed by atoms with Gasteiger partial charge in [-0.1, -0.05) is 38.1 Å². The molecule has 0 heterocycles. The number of halogens is 2. The molecule has 0 aromatic heterocycles. The first-order valence-corrected chi connectivity index (χ1v) is 8.35. The molecule has 2 N–H and O–H groups in total. The van der Waals surface area contributed by atoms with Crippen LogP contribution in [0.2, 0.25) is 0 Å². The molecule has 0 bridgehead atoms. The predicted octanol–water partition coefficient (Wildman–Crippen LogP) is 5.15. The minimum Gasteiger partial charge on any atom is -0.465 e. The second-order valence-corrected chi connectivity index (χ2v) is 7.32. The molecule has 26 heavy (non-hydrogen) atoms. The smallest absolute Gasteiger partial charge is 0.405 e. The van der Waals surface area contributed by atoms with Gasteiger partial charge in [-0.25, -0.2) is 4.79 Å². The second-order valence-electron chi connectivity index (χ2n) is 7.32. The Bertz CT molecular complexity index is 849. The van der Waals surface area contributed by atoms with Crippen LogP contribution in [0.4, 0.5) is 13.6 Å². The Morgan fingerprint density at radius 1 is 1.23 bits per heavy atom. The van der Waals surface area contributed by atoms with Crippen molar-refractivity contribution >= 4 is 6.09 Å². The van der Waals surface area contributed by atoms with Gasteiger partial charge in [0.15, 0.2) is 0 Å². The number of hydrogen-bond acceptors (Lipinski definition) is 2. The first kappa shape index (κ1) is 18.2. The zero-order valence-electron chi connectivity index (χ0n) is 14.8. The Morgan fingerprint density at radius 2 is 1.88 bits per heavy atom. The van der Waals surface area contributed by atoms with Crippen LogP contribution in [0.1, 0.15) is 36.6 Å². The van der Waals surface area contributed by atoms with Gasteiger partial charge >= 0.3 is 12.7 Å². The van der Waals surface area contributed by atoms with Crippen LogP contribution in [0.15, 0.2) is 36.4 Å². The summed E-state index contributed by atoms with van der Waals surface area (Å²) in [6, 6.07) is 10.8. The molecule has 2 aromatic rings. The van der Waals surface area contributed by atoms with Gasteiger partial charge in [-0.3, -0.25) is 0 Å². The maximum absolute atomic E-state index is 12.4. The largest absolute Gasteiger partial charge is 0.465 e. The van der Waals surface area contributed by atoms with Crippen molar-refractivity contribution in [2.75, 3.05) is 0 Å². The molecule has 4 nitrogen and oxygen atoms in total. The number of fused-ring (bicyclic) bond motifs is 1. The highest BCUT2D eigenvalue weighted by molar-refractivity contribution is 5.69. The topological polar surface area (TPSA) is 58.6 Å². The molecule has 0 saturated heterocycles. The molecule has 3 rings (SSSR count). The highest BCUT2D eigenvalue weighted by atomic mass is 19.3. The third kappa shape index (κ3) is 3.49. The van der Waals surface area contributed by atoms with Crippen molar-refractivity contribution in [1.82, 2.24) is 5.32 Å². The first-order chi connectivity index (χ1) is 12.2. The lowest BCUT2D eigenvalue weighted by molar-refractivity contribution is -0.0502. The molecule has 0 unspecified atom stereocenters. The maximum Gasteiger partial charge on any atom is 0.405 e. The van der Waals surface area contributed by atoms with Crippen LogP contribution < -0.4 is 10.1 Å². The molecule has 1 aliphatic rings. The van der Waals surface area contributed by atoms with Crippen molar-refractivity contribution in [3.8, 4) is 16.9 Å². The van der Waals surface area contributed by atoms with Crippen molar-refractivity contribution in [2.24, 2.45) is 5.41 Å². The number of aryl methyl sites for hydroxylation is 1. The normalized spacial score (nSPS) is 17.8. The zero-order chi connectivity index (χ0) is 19.1. The van der Waals surface area contributed by atoms with Crippen LogP contribution in [0.25, 0.3) is 11.1 Å². The Labute approximate surface area is 150 Å². The van der Waals surface area contributed by atoms with E-state index < -0.39 is 12.7 Å². The number of alkyl halides is 2. The molecule has 0 fully saturated rings. The molecule has 0 spiro atoms. The van der Waals surface area contributed by atoms with Gasteiger partial charge in [0.1, 0.15) is 5.75 Å². The second kappa shape index (κ2) is 6.59. The number of carbonyl (C=O) groups is 1. The molecular weight excluding hydrogens is 340 g/mol. The fourth-order valence-electron chi connectivity index (χ4n) is 3.69. The van der Waals surface area contributed by atoms with Crippen molar-refractivity contribution in [1.29, 1.82) is 0 Å². The third-order valence-electron chi connectivity index (χ3n) is 4.87. The molecule has 1 atom stereocenters. The summed E-state index contributed by atoms with van der Waals surface area (Å²) < 4.78 is 29.3. The third-order valence-corrected chi connectivity index (χ3v) is 4.87. The molecular formula is C20H21F2NO3. The van der Waals surface area contributed by atoms with Crippen LogP contribution in [-0.4, -0.2) is 17.8 Å². The summed E-state index contributed by atoms with van der Waals surface area (Å²) in [6.45, 7) is 2.95. The summed E-state index contributed by atoms with van der Waals surface area (Å²) in [7, 11) is 0. The molecule has 6 heteroatoms. The van der Waals surface area contributed by atoms with Crippen LogP contribution in [0.5, 0.6) is 5.75 Å². The van der Waals surface area contributed by atoms with Gasteiger partial charge in [0.2, 0.25) is 0 Å². The van der Waals surface area contributed by atoms with Gasteiger partial charge in [0, 0.05) is 0 Å². The van der Waals surface area contributed by atoms with Gasteiger partial charge in [0.05, 0.1) is 6.04 Å². The van der Waals surface area contributed by atoms with Gasteiger partial charge < -0.3 is 15.2 Å². The molecule has 0 aliphatic heterocycles. The highest BCUT2D eigenvalue weighted by Gasteiger charge is 2.39. The Morgan fingerprint density at radius 3 is 2.50 bits per heavy atom. The number of rotatable bonds is 4. The quantitative estimate of drug-likeness (QED) is 0.791. The van der Waals surface area contributed by atoms with E-state index in [1.807, 2.05) is 38.1 Å². The van der Waals surface area contributed by atoms with Crippen molar-refractivity contribution in [3.63, 3.8) is 0 Å². The first-order valence-electron chi connectivity index (χ1n) is 8.35. The van der Waals surface area contributed by atoms with E-state index in [0.717, 1.165) is 28.7 Å². The van der Waals surface area contributed by atoms with E-state index in [-0.39, 0.29) is 17.2 Å². The summed E-state index contributed by atoms with van der Waals surface area (Å²) in [6.07, 6.45) is -0.280. The molecule has 0 radical (unpaired) electrons. The molecule has 2 aromatic carbocycles. The minimum absolute atomic E-state index is 0.164. The monoisotopic (exact) mass is 361 g/mol. The number of nitrogens with one attached hydrogen (secondary N) is 1. The van der Waals surface area contributed by atoms with Crippen molar-refractivity contribution in [2.45, 2.75) is 39.8 Å². The maximum atomic E-state index is 12.4. The van der Waals surface area contributed by atoms with E-state index in [9.17, 15) is 13.6 Å². The fourth-order valence-corrected chi connectivity index (χ4v) is 3.69. The fraction of sp³-hybridized carbons (Fsp3) is 0.350. The summed E-state index contributed by atoms with van der Waals surface area (Å²) in [4.78, 5) is 11.1. The van der Waals surface area contributed by atoms with Gasteiger partial charge in [0.25, 0.3) is 0 Å². The number of ether oxygens (including phenoxy) is 1. The van der Waals surface area contributed by atoms with E-state index in [1.165, 1.54) is 0 Å². The van der Waals surface area contributed by atoms with E-state index >= 15 is 0 Å². The predicted molar refractivity (Wildman–Crippen MR) is 94.6 cm³/mol. The van der Waals surface area contributed by atoms with E-state index in [2.05, 4.69) is 10.1 Å². The Hall–Kier alpha value is -2.63. The highest BCUT2D eigenvalue weighted by Crippen LogP contribution is 2.46. The van der Waals surface area contributed by atoms with E-state index in [1.54, 1.807) is 19.1 Å². The molecule has 138 valence electrons. The average molecular weight is 361 g/mol. The van der Waals surface area contributed by atoms with E-state index in [4.69, 9.17) is 5.11 Å². The number of carboxylic acid groups (broad SMARTS) is 1. The van der Waals surface area contributed by atoms with Crippen LogP contribution in [-0.2, 0) is 6.42 Å². The standard InChI is InChI=1S/C20H21F2NO3/c1-11-8-12(5-7-16(11)26-18(21)22)13-4-6-15-14(9-13)10-20(2,3)17(15)23-19(24)25/h4-9,17-18,23H,10H2,1-3H3,(H,24,25)/t17-/m0/s1. The lowest BCUT2D eigenvalue weighted by atomic mass is 9.85. The van der Waals surface area contributed by atoms with Crippen molar-refractivity contribution < 1.29 is 23.4 Å². The van der Waals surface area contributed by atoms with Gasteiger partial charge in [-0.2, -0.15) is 8.78 Å². The van der Waals surface area contributed by atoms with Gasteiger partial charge in [-0.05, 0) is 58.7 Å². The Kier molecular flexibility index (Phi) is 4.61. The lowest BCUT2D eigenvalue weighted by Gasteiger charge is -2.27. The zero-order valence-corrected chi connectivity index (χ0v) is 14.8. The van der Waals surface area contributed by atoms with E-state index in [0.29, 0.717) is 5.56 Å². The molecule has 1 amide bonds. The number of benzene rings is 2. The van der Waals surface area contributed by atoms with Crippen LogP contribution >= 0.6 is 0 Å². The van der Waals surface area contributed by atoms with Crippen LogP contribution in [0, 0.1) is 12.3 Å². The van der Waals surface area contributed by atoms with Crippen molar-refractivity contribution in [3.05, 3.63) is 53.1 Å². The Balaban J connectivity index is 1.93. The number of amides is 1. The van der Waals surface area contributed by atoms with Gasteiger partial charge in [-0.15, -0.1) is 0 Å². The number of hydrogen-bond donors (Lipinski definition) is 2.